The second kappa shape index (κ2) is 7.89. The molecule has 1 aliphatic rings. The van der Waals surface area contributed by atoms with Gasteiger partial charge in [0.1, 0.15) is 18.5 Å². The smallest absolute Gasteiger partial charge is 0.361 e. The van der Waals surface area contributed by atoms with Crippen molar-refractivity contribution < 1.29 is 48.4 Å². The van der Waals surface area contributed by atoms with E-state index in [-0.39, 0.29) is 17.0 Å². The summed E-state index contributed by atoms with van der Waals surface area (Å²) in [6.07, 6.45) is -4.61. The van der Waals surface area contributed by atoms with E-state index in [1.54, 1.807) is 0 Å². The minimum Gasteiger partial charge on any atom is -0.388 e. The molecule has 0 amide bonds. The Hall–Kier alpha value is -1.93. The van der Waals surface area contributed by atoms with Gasteiger partial charge in [-0.15, -0.1) is 0 Å². The maximum absolute atomic E-state index is 15.3. The number of imidazole rings is 1. The van der Waals surface area contributed by atoms with E-state index in [0.717, 1.165) is 20.2 Å². The monoisotopic (exact) mass is 466 g/mol. The first-order valence-electron chi connectivity index (χ1n) is 9.39. The van der Waals surface area contributed by atoms with Crippen molar-refractivity contribution in [3.63, 3.8) is 0 Å². The highest BCUT2D eigenvalue weighted by molar-refractivity contribution is 7.54. The third-order valence-corrected chi connectivity index (χ3v) is 7.13. The van der Waals surface area contributed by atoms with Crippen LogP contribution in [0.3, 0.4) is 0 Å². The van der Waals surface area contributed by atoms with Gasteiger partial charge in [-0.2, -0.15) is 0 Å². The average molecular weight is 466 g/mol. The summed E-state index contributed by atoms with van der Waals surface area (Å²) in [7, 11) is -4.80. The zero-order valence-electron chi connectivity index (χ0n) is 17.0. The van der Waals surface area contributed by atoms with E-state index in [2.05, 4.69) is 9.97 Å². The van der Waals surface area contributed by atoms with Gasteiger partial charge in [-0.3, -0.25) is 13.7 Å². The number of aliphatic hydroxyl groups excluding tert-OH is 2. The van der Waals surface area contributed by atoms with Crippen LogP contribution in [0.25, 0.3) is 11.2 Å². The molecule has 2 aromatic heterocycles. The number of aromatic nitrogens is 4. The largest absolute Gasteiger partial charge is 0.388 e. The topological polar surface area (TPSA) is 197 Å². The number of anilines is 1. The molecule has 15 heteroatoms. The Morgan fingerprint density at radius 2 is 2.03 bits per heavy atom. The van der Waals surface area contributed by atoms with Gasteiger partial charge in [-0.1, -0.05) is 16.6 Å². The predicted octanol–water partition coefficient (Wildman–Crippen LogP) is -0.446. The van der Waals surface area contributed by atoms with Crippen molar-refractivity contribution in [2.75, 3.05) is 5.73 Å². The second-order valence-corrected chi connectivity index (χ2v) is 10.2. The molecule has 0 aromatic carbocycles. The summed E-state index contributed by atoms with van der Waals surface area (Å²) in [6.45, 7) is 3.35. The van der Waals surface area contributed by atoms with Crippen molar-refractivity contribution in [1.29, 1.82) is 0 Å². The minimum absolute atomic E-state index is 0.0989. The van der Waals surface area contributed by atoms with E-state index in [0.29, 0.717) is 4.73 Å². The van der Waals surface area contributed by atoms with Crippen LogP contribution >= 0.6 is 7.60 Å². The third-order valence-electron chi connectivity index (χ3n) is 5.17. The Kier molecular flexibility index (Phi) is 6.04. The molecule has 13 nitrogen and oxygen atoms in total. The number of ether oxygens (including phenoxy) is 1. The van der Waals surface area contributed by atoms with E-state index >= 15 is 4.39 Å². The molecule has 6 atom stereocenters. The minimum atomic E-state index is -4.80. The number of nitrogens with two attached hydrogens (primary N) is 1. The average Bonchev–Trinajstić information content (AvgIpc) is 3.20. The molecule has 1 fully saturated rings. The molecular weight excluding hydrogens is 440 g/mol. The lowest BCUT2D eigenvalue weighted by atomic mass is 10.0. The number of rotatable bonds is 7. The van der Waals surface area contributed by atoms with Crippen LogP contribution in [0.2, 0.25) is 0 Å². The Balaban J connectivity index is 1.85. The van der Waals surface area contributed by atoms with Gasteiger partial charge in [0, 0.05) is 12.8 Å². The van der Waals surface area contributed by atoms with Gasteiger partial charge >= 0.3 is 7.60 Å². The molecule has 31 heavy (non-hydrogen) atoms. The van der Waals surface area contributed by atoms with Gasteiger partial charge in [0.15, 0.2) is 11.6 Å². The fraction of sp³-hybridized carbons (Fsp3) is 0.688. The van der Waals surface area contributed by atoms with Crippen molar-refractivity contribution in [2.45, 2.75) is 69.3 Å². The molecule has 3 rings (SSSR count). The summed E-state index contributed by atoms with van der Waals surface area (Å²) in [6, 6.07) is 0. The molecule has 174 valence electrons. The summed E-state index contributed by atoms with van der Waals surface area (Å²) in [5, 5.41) is 38.0. The number of nitrogens with zero attached hydrogens (tertiary/aromatic N) is 4. The first kappa shape index (κ1) is 23.7. The summed E-state index contributed by atoms with van der Waals surface area (Å²) >= 11 is 0. The van der Waals surface area contributed by atoms with Gasteiger partial charge in [-0.25, -0.2) is 9.37 Å². The number of hydrogen-bond acceptors (Lipinski definition) is 10. The molecule has 0 radical (unpaired) electrons. The highest BCUT2D eigenvalue weighted by Crippen LogP contribution is 2.58. The van der Waals surface area contributed by atoms with E-state index in [4.69, 9.17) is 15.0 Å². The van der Waals surface area contributed by atoms with Crippen LogP contribution in [0.5, 0.6) is 0 Å². The fourth-order valence-electron chi connectivity index (χ4n) is 3.14. The van der Waals surface area contributed by atoms with Crippen LogP contribution in [-0.2, 0) is 13.8 Å². The summed E-state index contributed by atoms with van der Waals surface area (Å²) < 4.78 is 39.7. The third kappa shape index (κ3) is 4.24. The highest BCUT2D eigenvalue weighted by atomic mass is 31.2. The summed E-state index contributed by atoms with van der Waals surface area (Å²) in [5.74, 6) is -2.87. The molecule has 2 unspecified atom stereocenters. The van der Waals surface area contributed by atoms with Crippen molar-refractivity contribution in [3.05, 3.63) is 12.7 Å². The van der Waals surface area contributed by atoms with Crippen molar-refractivity contribution in [2.24, 2.45) is 0 Å². The van der Waals surface area contributed by atoms with E-state index in [9.17, 15) is 30.0 Å². The molecule has 0 bridgehead atoms. The first-order chi connectivity index (χ1) is 14.2. The number of aliphatic hydroxyl groups is 3. The van der Waals surface area contributed by atoms with Gasteiger partial charge in [0.25, 0.3) is 12.1 Å². The van der Waals surface area contributed by atoms with Crippen LogP contribution in [0.4, 0.5) is 10.2 Å². The maximum atomic E-state index is 15.3. The van der Waals surface area contributed by atoms with Crippen LogP contribution in [0.1, 0.15) is 39.8 Å². The summed E-state index contributed by atoms with van der Waals surface area (Å²) in [5.41, 5.74) is 5.95. The zero-order chi connectivity index (χ0) is 23.4. The molecule has 1 saturated heterocycles. The Labute approximate surface area is 176 Å². The Morgan fingerprint density at radius 1 is 1.39 bits per heavy atom. The van der Waals surface area contributed by atoms with Gasteiger partial charge in [-0.05, 0) is 13.8 Å². The van der Waals surface area contributed by atoms with Crippen LogP contribution in [0, 0.1) is 0 Å². The maximum Gasteiger partial charge on any atom is 0.361 e. The number of nitrogen functional groups attached to an aromatic ring is 1. The number of hydrogen-bond donors (Lipinski definition) is 6. The Morgan fingerprint density at radius 3 is 2.61 bits per heavy atom. The van der Waals surface area contributed by atoms with E-state index in [1.165, 1.54) is 17.8 Å². The number of fused-ring (bicyclic) bond motifs is 1. The molecule has 0 saturated carbocycles. The lowest BCUT2D eigenvalue weighted by molar-refractivity contribution is -0.894. The lowest BCUT2D eigenvalue weighted by Gasteiger charge is -2.33. The van der Waals surface area contributed by atoms with Gasteiger partial charge in [0.05, 0.1) is 6.10 Å². The molecular formula is C16H26FN5O8P+. The predicted molar refractivity (Wildman–Crippen MR) is 101 cm³/mol. The van der Waals surface area contributed by atoms with E-state index in [1.807, 2.05) is 0 Å². The number of alkyl halides is 1. The normalized spacial score (nSPS) is 28.5. The molecule has 1 aliphatic heterocycles. The Bertz CT molecular complexity index is 1020. The van der Waals surface area contributed by atoms with Crippen LogP contribution in [-0.4, -0.2) is 69.5 Å². The van der Waals surface area contributed by atoms with Crippen LogP contribution < -0.4 is 10.5 Å². The fourth-order valence-corrected chi connectivity index (χ4v) is 4.01. The van der Waals surface area contributed by atoms with Crippen molar-refractivity contribution >= 4 is 24.6 Å². The van der Waals surface area contributed by atoms with Crippen LogP contribution in [0.15, 0.2) is 12.7 Å². The molecule has 3 heterocycles. The summed E-state index contributed by atoms with van der Waals surface area (Å²) in [4.78, 5) is 17.9. The van der Waals surface area contributed by atoms with Crippen molar-refractivity contribution in [1.82, 2.24) is 14.5 Å². The first-order valence-corrected chi connectivity index (χ1v) is 11.0. The van der Waals surface area contributed by atoms with Gasteiger partial charge in [0.2, 0.25) is 17.0 Å². The number of halogens is 1. The molecule has 0 spiro atoms. The highest BCUT2D eigenvalue weighted by Gasteiger charge is 2.52. The standard InChI is InChI=1S/C16H25FN5O8P/c1-4-16(17,30-31(27,28)15(2,3)25)5-8-10(23)11(24)14(29-8)21-6-19-9-12(18)22(26)7-20-13(9)21/h6-8,10-11,14,18,23-26H,4-5H2,1-3H3,(H,27,28)/p+1/t8-,10-,11-,14-,16?/m1/s1. The molecule has 2 aromatic rings. The van der Waals surface area contributed by atoms with Crippen molar-refractivity contribution in [3.8, 4) is 0 Å². The van der Waals surface area contributed by atoms with E-state index < -0.39 is 56.2 Å². The van der Waals surface area contributed by atoms with Gasteiger partial charge < -0.3 is 35.9 Å². The molecule has 0 aliphatic carbocycles. The SMILES string of the molecule is CCC(F)(C[C@H]1O[C@@H](n2cnc3c(N)[n+](O)cnc32)[C@H](O)[C@@H]1O)OP(=O)(O)C(C)(C)O. The second-order valence-electron chi connectivity index (χ2n) is 7.89. The lowest BCUT2D eigenvalue weighted by Crippen LogP contribution is -2.39. The zero-order valence-corrected chi connectivity index (χ0v) is 17.9. The quantitative estimate of drug-likeness (QED) is 0.176. The molecule has 7 N–H and O–H groups in total.